The number of carboxylic acids is 2. The lowest BCUT2D eigenvalue weighted by atomic mass is 10.0. The molecule has 3 aromatic heterocycles. The number of carboxylic acid groups (broad SMARTS) is 2. The van der Waals surface area contributed by atoms with Gasteiger partial charge in [0.15, 0.2) is 11.9 Å². The second-order valence-corrected chi connectivity index (χ2v) is 23.9. The Morgan fingerprint density at radius 1 is 0.480 bits per heavy atom. The molecular formula is C67H85N21O12. The first-order valence-electron chi connectivity index (χ1n) is 32.2. The lowest BCUT2D eigenvalue weighted by Gasteiger charge is -2.25. The van der Waals surface area contributed by atoms with Crippen LogP contribution in [0.4, 0.5) is 11.4 Å². The number of carbonyl (C=O) groups excluding carboxylic acids is 8. The van der Waals surface area contributed by atoms with Crippen LogP contribution in [0.2, 0.25) is 0 Å². The maximum absolute atomic E-state index is 14.1. The van der Waals surface area contributed by atoms with E-state index in [9.17, 15) is 58.2 Å². The highest BCUT2D eigenvalue weighted by molar-refractivity contribution is 6.00. The quantitative estimate of drug-likeness (QED) is 0.0103. The Balaban J connectivity index is 0.901. The van der Waals surface area contributed by atoms with E-state index < -0.39 is 83.6 Å². The topological polar surface area (TPSA) is 508 Å². The van der Waals surface area contributed by atoms with Gasteiger partial charge in [-0.25, -0.2) is 24.5 Å². The van der Waals surface area contributed by atoms with E-state index in [4.69, 9.17) is 27.3 Å². The van der Waals surface area contributed by atoms with Crippen LogP contribution >= 0.6 is 0 Å². The summed E-state index contributed by atoms with van der Waals surface area (Å²) in [5.74, 6) is -8.11. The summed E-state index contributed by atoms with van der Waals surface area (Å²) in [4.78, 5) is 156. The van der Waals surface area contributed by atoms with Gasteiger partial charge in [0.1, 0.15) is 36.3 Å². The first-order valence-corrected chi connectivity index (χ1v) is 32.2. The van der Waals surface area contributed by atoms with Gasteiger partial charge in [0.05, 0.1) is 48.2 Å². The van der Waals surface area contributed by atoms with E-state index in [1.807, 2.05) is 6.07 Å². The molecule has 33 heteroatoms. The van der Waals surface area contributed by atoms with Crippen molar-refractivity contribution in [3.63, 3.8) is 0 Å². The molecule has 20 N–H and O–H groups in total. The molecule has 530 valence electrons. The summed E-state index contributed by atoms with van der Waals surface area (Å²) in [7, 11) is 3.26. The third-order valence-electron chi connectivity index (χ3n) is 15.7. The van der Waals surface area contributed by atoms with Crippen molar-refractivity contribution in [1.29, 1.82) is 10.8 Å². The zero-order valence-electron chi connectivity index (χ0n) is 55.3. The predicted molar refractivity (Wildman–Crippen MR) is 371 cm³/mol. The van der Waals surface area contributed by atoms with Gasteiger partial charge < -0.3 is 84.8 Å². The third kappa shape index (κ3) is 25.6. The molecule has 7 aromatic rings. The Labute approximate surface area is 575 Å². The van der Waals surface area contributed by atoms with Crippen LogP contribution in [0.1, 0.15) is 61.0 Å². The standard InChI is InChI=1S/C67H85N21O12/c1-87(36-58(91)81-52(27-40-11-5-3-6-12-40)62(95)83-48(15-9-23-74-66(68)69)60(93)85-54(64(97)98)32-46-34-72-38-76-46)25-21-56(89)78-44-19-17-42-29-43-18-20-45(31-51(43)80-50(42)30-44)79-57(90)22-26-88(2)37-59(92)82-53(28-41-13-7-4-8-14-41)63(96)84-49(16-10-24-75-67(70)71)61(94)86-55(65(99)100)33-47-35-73-39-77-47/h3-8,11-14,17-20,29-31,34-35,38-39,48-49,52-55H,9-10,15-16,21-28,32-33,36-37H2,1-2H3,(H,72,76)(H,73,77)(H,78,89)(H,79,90)(H,81,91)(H,82,92)(H,83,95)(H,84,96)(H,85,93)(H,86,94)(H,97,98)(H,99,100)(H4,68,69,74)(H4,70,71,75)/t48-,49-,52-,53-,54-,55-/m0/s1. The summed E-state index contributed by atoms with van der Waals surface area (Å²) in [5, 5.41) is 63.3. The molecule has 0 aliphatic rings. The number of nitrogens with one attached hydrogen (secondary N) is 14. The van der Waals surface area contributed by atoms with Crippen LogP contribution in [-0.4, -0.2) is 206 Å². The Bertz CT molecular complexity index is 3710. The molecule has 100 heavy (non-hydrogen) atoms. The number of aromatic nitrogens is 5. The van der Waals surface area contributed by atoms with Gasteiger partial charge >= 0.3 is 11.9 Å². The summed E-state index contributed by atoms with van der Waals surface area (Å²) in [5.41, 5.74) is 15.0. The monoisotopic (exact) mass is 1380 g/mol. The van der Waals surface area contributed by atoms with Crippen LogP contribution in [-0.2, 0) is 73.6 Å². The first kappa shape index (κ1) is 75.5. The number of pyridine rings is 1. The van der Waals surface area contributed by atoms with Gasteiger partial charge in [-0.2, -0.15) is 0 Å². The van der Waals surface area contributed by atoms with Gasteiger partial charge in [0.25, 0.3) is 0 Å². The number of nitrogens with zero attached hydrogens (tertiary/aromatic N) is 5. The molecule has 0 radical (unpaired) electrons. The summed E-state index contributed by atoms with van der Waals surface area (Å²) in [6.07, 6.45) is 5.96. The minimum Gasteiger partial charge on any atom is -0.480 e. The smallest absolute Gasteiger partial charge is 0.326 e. The van der Waals surface area contributed by atoms with Crippen molar-refractivity contribution in [2.75, 3.05) is 64.0 Å². The number of carbonyl (C=O) groups is 10. The number of anilines is 2. The van der Waals surface area contributed by atoms with Crippen molar-refractivity contribution in [3.05, 3.63) is 151 Å². The average molecular weight is 1380 g/mol. The van der Waals surface area contributed by atoms with Gasteiger partial charge in [-0.1, -0.05) is 72.8 Å². The SMILES string of the molecule is CN(CCC(=O)Nc1ccc2cc3ccc(NC(=O)CCN(C)CC(=O)N[C@@H](Cc4ccccc4)C(=O)N[C@@H](CCCNC(=N)N)C(=O)N[C@@H](Cc4c[nH]cn4)C(=O)O)cc3nc2c1)CC(=O)N[C@@H](Cc1ccccc1)C(=O)N[C@@H](CCCNC(=N)N)C(=O)N[C@@H](Cc1c[nH]cn1)C(=O)O. The molecule has 33 nitrogen and oxygen atoms in total. The molecule has 3 heterocycles. The summed E-state index contributed by atoms with van der Waals surface area (Å²) in [6.45, 7) is 0.164. The van der Waals surface area contributed by atoms with Gasteiger partial charge in [-0.3, -0.25) is 59.0 Å². The normalized spacial score (nSPS) is 12.9. The molecule has 0 unspecified atom stereocenters. The molecular weight excluding hydrogens is 1290 g/mol. The number of hydrogen-bond donors (Lipinski definition) is 18. The number of H-pyrrole nitrogens is 2. The predicted octanol–water partition coefficient (Wildman–Crippen LogP) is -0.0697. The van der Waals surface area contributed by atoms with Gasteiger partial charge in [-0.05, 0) is 81.2 Å². The zero-order valence-corrected chi connectivity index (χ0v) is 55.3. The van der Waals surface area contributed by atoms with E-state index in [1.165, 1.54) is 25.0 Å². The van der Waals surface area contributed by atoms with E-state index in [2.05, 4.69) is 73.1 Å². The number of imidazole rings is 2. The van der Waals surface area contributed by atoms with Crippen molar-refractivity contribution in [1.82, 2.24) is 77.3 Å². The third-order valence-corrected chi connectivity index (χ3v) is 15.7. The van der Waals surface area contributed by atoms with E-state index in [-0.39, 0.29) is 127 Å². The fourth-order valence-electron chi connectivity index (χ4n) is 10.6. The van der Waals surface area contributed by atoms with Gasteiger partial charge in [0.2, 0.25) is 47.3 Å². The Morgan fingerprint density at radius 2 is 0.860 bits per heavy atom. The molecule has 0 spiro atoms. The van der Waals surface area contributed by atoms with Crippen molar-refractivity contribution in [3.8, 4) is 0 Å². The molecule has 7 rings (SSSR count). The fraction of sp³-hybridized carbons (Fsp3) is 0.358. The molecule has 0 fully saturated rings. The van der Waals surface area contributed by atoms with E-state index in [0.717, 1.165) is 10.8 Å². The lowest BCUT2D eigenvalue weighted by molar-refractivity contribution is -0.142. The average Bonchev–Trinajstić information content (AvgIpc) is 0.986. The molecule has 4 aromatic carbocycles. The summed E-state index contributed by atoms with van der Waals surface area (Å²) >= 11 is 0. The van der Waals surface area contributed by atoms with Crippen molar-refractivity contribution in [2.24, 2.45) is 11.5 Å². The molecule has 0 aliphatic carbocycles. The molecule has 0 aliphatic heterocycles. The van der Waals surface area contributed by atoms with Crippen LogP contribution in [0.25, 0.3) is 21.8 Å². The number of rotatable bonds is 40. The molecule has 8 amide bonds. The molecule has 0 bridgehead atoms. The second-order valence-electron chi connectivity index (χ2n) is 23.9. The number of nitrogens with two attached hydrogens (primary N) is 2. The van der Waals surface area contributed by atoms with E-state index >= 15 is 0 Å². The fourth-order valence-corrected chi connectivity index (χ4v) is 10.6. The van der Waals surface area contributed by atoms with Crippen LogP contribution in [0, 0.1) is 10.8 Å². The number of aliphatic carboxylic acids is 2. The van der Waals surface area contributed by atoms with Crippen molar-refractivity contribution in [2.45, 2.75) is 100 Å². The molecule has 6 atom stereocenters. The molecule has 0 saturated carbocycles. The van der Waals surface area contributed by atoms with Crippen molar-refractivity contribution < 1.29 is 58.2 Å². The Hall–Kier alpha value is -11.9. The number of hydrogen-bond acceptors (Lipinski definition) is 17. The maximum atomic E-state index is 14.1. The van der Waals surface area contributed by atoms with Crippen LogP contribution < -0.4 is 64.6 Å². The number of aromatic amines is 2. The van der Waals surface area contributed by atoms with Crippen LogP contribution in [0.5, 0.6) is 0 Å². The molecule has 0 saturated heterocycles. The zero-order chi connectivity index (χ0) is 72.1. The van der Waals surface area contributed by atoms with E-state index in [1.54, 1.807) is 121 Å². The lowest BCUT2D eigenvalue weighted by Crippen LogP contribution is -2.57. The number of amides is 8. The first-order chi connectivity index (χ1) is 47.9. The summed E-state index contributed by atoms with van der Waals surface area (Å²) in [6, 6.07) is 22.5. The number of guanidine groups is 2. The van der Waals surface area contributed by atoms with Crippen LogP contribution in [0.15, 0.2) is 128 Å². The van der Waals surface area contributed by atoms with Gasteiger partial charge in [-0.15, -0.1) is 0 Å². The van der Waals surface area contributed by atoms with Crippen LogP contribution in [0.3, 0.4) is 0 Å². The highest BCUT2D eigenvalue weighted by Gasteiger charge is 2.33. The Morgan fingerprint density at radius 3 is 1.22 bits per heavy atom. The summed E-state index contributed by atoms with van der Waals surface area (Å²) < 4.78 is 0. The number of likely N-dealkylation sites (N-methyl/N-ethyl adjacent to an activating group) is 2. The van der Waals surface area contributed by atoms with Gasteiger partial charge in [0, 0.05) is 99.2 Å². The Kier molecular flexibility index (Phi) is 28.8. The largest absolute Gasteiger partial charge is 0.480 e. The minimum absolute atomic E-state index is 0.0136. The number of fused-ring (bicyclic) bond motifs is 2. The second kappa shape index (κ2) is 38.2. The highest BCUT2D eigenvalue weighted by Crippen LogP contribution is 2.25. The number of benzene rings is 4. The minimum atomic E-state index is -1.39. The van der Waals surface area contributed by atoms with E-state index in [0.29, 0.717) is 44.9 Å². The maximum Gasteiger partial charge on any atom is 0.326 e. The highest BCUT2D eigenvalue weighted by atomic mass is 16.4. The van der Waals surface area contributed by atoms with Crippen molar-refractivity contribution >= 4 is 104 Å².